The molecule has 0 radical (unpaired) electrons. The predicted octanol–water partition coefficient (Wildman–Crippen LogP) is 2.58. The molecule has 2 bridgehead atoms. The van der Waals surface area contributed by atoms with E-state index in [9.17, 15) is 3.89 Å². The Morgan fingerprint density at radius 2 is 1.83 bits per heavy atom. The average Bonchev–Trinajstić information content (AvgIpc) is 2.52. The van der Waals surface area contributed by atoms with Crippen molar-refractivity contribution in [3.8, 4) is 5.75 Å². The lowest BCUT2D eigenvalue weighted by molar-refractivity contribution is -0.923. The summed E-state index contributed by atoms with van der Waals surface area (Å²) in [6.07, 6.45) is 2.88. The number of quaternary nitrogens is 1. The molecule has 136 valence electrons. The van der Waals surface area contributed by atoms with Crippen molar-refractivity contribution >= 4 is 22.3 Å². The van der Waals surface area contributed by atoms with E-state index >= 15 is 0 Å². The molecule has 1 atom stereocenters. The van der Waals surface area contributed by atoms with Gasteiger partial charge in [0.1, 0.15) is 5.75 Å². The second-order valence-corrected chi connectivity index (χ2v) is 8.69. The number of rotatable bonds is 4. The van der Waals surface area contributed by atoms with Crippen molar-refractivity contribution in [2.75, 3.05) is 33.8 Å². The lowest BCUT2D eigenvalue weighted by atomic mass is 9.86. The fraction of sp³-hybridized carbons (Fsp3) is 0.625. The summed E-state index contributed by atoms with van der Waals surface area (Å²) >= 11 is 2.17. The molecule has 0 spiro atoms. The molecule has 1 unspecified atom stereocenters. The van der Waals surface area contributed by atoms with Crippen LogP contribution in [0.3, 0.4) is 0 Å². The topological polar surface area (TPSA) is 66.4 Å². The molecule has 0 aromatic heterocycles. The molecule has 3 aliphatic heterocycles. The number of hydrogen-bond acceptors (Lipinski definition) is 5. The number of benzene rings is 1. The Labute approximate surface area is 147 Å². The summed E-state index contributed by atoms with van der Waals surface area (Å²) in [5.41, 5.74) is 1.42. The molecule has 5 nitrogen and oxygen atoms in total. The second-order valence-electron chi connectivity index (χ2n) is 6.68. The maximum absolute atomic E-state index is 10.1. The van der Waals surface area contributed by atoms with Crippen molar-refractivity contribution in [2.45, 2.75) is 23.8 Å². The lowest BCUT2D eigenvalue weighted by Gasteiger charge is -2.50. The molecule has 1 aromatic carbocycles. The highest BCUT2D eigenvalue weighted by Gasteiger charge is 2.43. The first-order valence-electron chi connectivity index (χ1n) is 7.92. The Balaban J connectivity index is 0.000000368. The Morgan fingerprint density at radius 1 is 1.29 bits per heavy atom. The number of halogens is 1. The smallest absolute Gasteiger partial charge is 0.255 e. The molecule has 3 saturated heterocycles. The fourth-order valence-corrected chi connectivity index (χ4v) is 5.07. The van der Waals surface area contributed by atoms with Crippen LogP contribution in [0.25, 0.3) is 0 Å². The van der Waals surface area contributed by atoms with Gasteiger partial charge in [-0.25, -0.2) is 8.42 Å². The third-order valence-electron chi connectivity index (χ3n) is 4.85. The van der Waals surface area contributed by atoms with Crippen molar-refractivity contribution in [1.82, 2.24) is 0 Å². The number of fused-ring (bicyclic) bond motifs is 3. The van der Waals surface area contributed by atoms with E-state index < -0.39 is 10.5 Å². The highest BCUT2D eigenvalue weighted by atomic mass is 32.3. The van der Waals surface area contributed by atoms with E-state index in [-0.39, 0.29) is 0 Å². The molecule has 1 aromatic rings. The van der Waals surface area contributed by atoms with Crippen LogP contribution in [0.2, 0.25) is 0 Å². The van der Waals surface area contributed by atoms with Crippen LogP contribution in [-0.4, -0.2) is 56.5 Å². The number of methoxy groups -OCH3 is 1. The van der Waals surface area contributed by atoms with Crippen molar-refractivity contribution in [1.29, 1.82) is 0 Å². The van der Waals surface area contributed by atoms with E-state index in [0.29, 0.717) is 0 Å². The van der Waals surface area contributed by atoms with Crippen LogP contribution in [-0.2, 0) is 16.3 Å². The largest absolute Gasteiger partial charge is 0.722 e. The predicted molar refractivity (Wildman–Crippen MR) is 92.4 cm³/mol. The van der Waals surface area contributed by atoms with Crippen LogP contribution in [0.4, 0.5) is 3.89 Å². The zero-order chi connectivity index (χ0) is 17.8. The highest BCUT2D eigenvalue weighted by molar-refractivity contribution is 7.99. The molecule has 0 saturated carbocycles. The monoisotopic (exact) mass is 377 g/mol. The Kier molecular flexibility index (Phi) is 6.52. The van der Waals surface area contributed by atoms with Crippen LogP contribution < -0.4 is 4.74 Å². The SMILES string of the molecule is COc1ccc(CSC2C[N+]3(C)CCC2CC3)cc1.O=S(=O)([O-])F. The van der Waals surface area contributed by atoms with E-state index in [1.807, 2.05) is 0 Å². The molecule has 3 aliphatic rings. The van der Waals surface area contributed by atoms with E-state index in [0.717, 1.165) is 22.7 Å². The molecule has 3 heterocycles. The third kappa shape index (κ3) is 6.23. The van der Waals surface area contributed by atoms with Gasteiger partial charge in [0, 0.05) is 18.6 Å². The highest BCUT2D eigenvalue weighted by Crippen LogP contribution is 2.39. The van der Waals surface area contributed by atoms with Gasteiger partial charge in [-0.3, -0.25) is 0 Å². The summed E-state index contributed by atoms with van der Waals surface area (Å²) < 4.78 is 41.9. The Morgan fingerprint density at radius 3 is 2.29 bits per heavy atom. The number of ether oxygens (including phenoxy) is 1. The van der Waals surface area contributed by atoms with Gasteiger partial charge in [0.2, 0.25) is 0 Å². The van der Waals surface area contributed by atoms with Crippen LogP contribution in [0.5, 0.6) is 5.75 Å². The standard InChI is InChI=1S/C16H24NOS.FHO3S/c1-17-9-7-14(8-10-17)16(11-17)19-12-13-3-5-15(18-2)6-4-13;1-5(2,3)4/h3-6,14,16H,7-12H2,1-2H3;(H,2,3,4)/q+1;/p-1. The van der Waals surface area contributed by atoms with Gasteiger partial charge in [0.15, 0.2) is 0 Å². The van der Waals surface area contributed by atoms with Crippen LogP contribution in [0.15, 0.2) is 24.3 Å². The molecule has 0 amide bonds. The van der Waals surface area contributed by atoms with Crippen molar-refractivity contribution < 1.29 is 26.1 Å². The molecule has 3 fully saturated rings. The van der Waals surface area contributed by atoms with E-state index in [1.54, 1.807) is 7.11 Å². The van der Waals surface area contributed by atoms with E-state index in [4.69, 9.17) is 17.7 Å². The van der Waals surface area contributed by atoms with E-state index in [1.165, 1.54) is 42.5 Å². The van der Waals surface area contributed by atoms with Crippen LogP contribution in [0, 0.1) is 5.92 Å². The minimum atomic E-state index is -5.42. The maximum atomic E-state index is 10.1. The van der Waals surface area contributed by atoms with Crippen molar-refractivity contribution in [3.05, 3.63) is 29.8 Å². The van der Waals surface area contributed by atoms with Gasteiger partial charge < -0.3 is 13.8 Å². The minimum absolute atomic E-state index is 0.870. The summed E-state index contributed by atoms with van der Waals surface area (Å²) in [6, 6.07) is 8.54. The molecule has 0 aliphatic carbocycles. The van der Waals surface area contributed by atoms with E-state index in [2.05, 4.69) is 43.1 Å². The van der Waals surface area contributed by atoms with Crippen LogP contribution in [0.1, 0.15) is 18.4 Å². The Hall–Kier alpha value is -0.830. The average molecular weight is 378 g/mol. The van der Waals surface area contributed by atoms with Gasteiger partial charge in [0.05, 0.1) is 39.0 Å². The molecular formula is C16H24FNO4S2. The number of hydrogen-bond donors (Lipinski definition) is 0. The molecule has 0 N–H and O–H groups in total. The van der Waals surface area contributed by atoms with Crippen LogP contribution >= 0.6 is 11.8 Å². The zero-order valence-corrected chi connectivity index (χ0v) is 15.6. The lowest BCUT2D eigenvalue weighted by Crippen LogP contribution is -2.60. The number of piperidine rings is 3. The van der Waals surface area contributed by atoms with Gasteiger partial charge in [-0.15, -0.1) is 15.6 Å². The summed E-state index contributed by atoms with van der Waals surface area (Å²) in [5, 5.41) is 0.870. The number of nitrogens with zero attached hydrogens (tertiary/aromatic N) is 1. The number of thioether (sulfide) groups is 1. The first kappa shape index (κ1) is 19.5. The first-order valence-corrected chi connectivity index (χ1v) is 10.3. The quantitative estimate of drug-likeness (QED) is 0.458. The van der Waals surface area contributed by atoms with Crippen molar-refractivity contribution in [2.24, 2.45) is 5.92 Å². The summed E-state index contributed by atoms with van der Waals surface area (Å²) in [6.45, 7) is 4.19. The van der Waals surface area contributed by atoms with Gasteiger partial charge in [-0.05, 0) is 23.6 Å². The van der Waals surface area contributed by atoms with Gasteiger partial charge >= 0.3 is 0 Å². The van der Waals surface area contributed by atoms with Gasteiger partial charge in [0.25, 0.3) is 10.5 Å². The fourth-order valence-electron chi connectivity index (χ4n) is 3.46. The minimum Gasteiger partial charge on any atom is -0.722 e. The molecular weight excluding hydrogens is 353 g/mol. The third-order valence-corrected chi connectivity index (χ3v) is 6.31. The summed E-state index contributed by atoms with van der Waals surface area (Å²) in [7, 11) is -1.25. The first-order chi connectivity index (χ1) is 11.2. The normalized spacial score (nSPS) is 28.8. The second kappa shape index (κ2) is 8.03. The molecule has 24 heavy (non-hydrogen) atoms. The summed E-state index contributed by atoms with van der Waals surface area (Å²) in [5.74, 6) is 3.07. The van der Waals surface area contributed by atoms with Gasteiger partial charge in [-0.1, -0.05) is 12.1 Å². The summed E-state index contributed by atoms with van der Waals surface area (Å²) in [4.78, 5) is 0. The Bertz CT molecular complexity index is 620. The molecule has 8 heteroatoms. The van der Waals surface area contributed by atoms with Crippen molar-refractivity contribution in [3.63, 3.8) is 0 Å². The zero-order valence-electron chi connectivity index (χ0n) is 14.0. The maximum Gasteiger partial charge on any atom is 0.255 e. The molecule has 4 rings (SSSR count). The van der Waals surface area contributed by atoms with Gasteiger partial charge in [-0.2, -0.15) is 0 Å².